The first-order valence-electron chi connectivity index (χ1n) is 2.71. The van der Waals surface area contributed by atoms with E-state index < -0.39 is 24.1 Å². The smallest absolute Gasteiger partial charge is 0.350 e. The molecule has 0 aromatic carbocycles. The van der Waals surface area contributed by atoms with Crippen LogP contribution in [0.15, 0.2) is 0 Å². The molecule has 0 rings (SSSR count). The van der Waals surface area contributed by atoms with Crippen LogP contribution in [0.1, 0.15) is 0 Å². The summed E-state index contributed by atoms with van der Waals surface area (Å²) in [4.78, 5) is 0. The summed E-state index contributed by atoms with van der Waals surface area (Å²) in [6.45, 7) is 0. The van der Waals surface area contributed by atoms with Gasteiger partial charge in [0.05, 0.1) is 0 Å². The highest BCUT2D eigenvalue weighted by molar-refractivity contribution is 4.95. The van der Waals surface area contributed by atoms with Crippen molar-refractivity contribution in [3.8, 4) is 0 Å². The molecule has 0 aromatic rings. The second kappa shape index (κ2) is 2.92. The number of hydrogen-bond donors (Lipinski definition) is 2. The summed E-state index contributed by atoms with van der Waals surface area (Å²) in [5.74, 6) is -13.2. The SMILES string of the molecule is OC(F)(F)C(O)(F)C(F)(F)C(F)(F)F. The van der Waals surface area contributed by atoms with Crippen molar-refractivity contribution in [2.75, 3.05) is 0 Å². The van der Waals surface area contributed by atoms with Crippen LogP contribution in [0.4, 0.5) is 35.1 Å². The Morgan fingerprint density at radius 2 is 0.929 bits per heavy atom. The lowest BCUT2D eigenvalue weighted by Gasteiger charge is -2.32. The Morgan fingerprint density at radius 1 is 0.643 bits per heavy atom. The Bertz CT molecular complexity index is 188. The average molecular weight is 234 g/mol. The minimum absolute atomic E-state index is 6.24. The van der Waals surface area contributed by atoms with E-state index in [-0.39, 0.29) is 0 Å². The van der Waals surface area contributed by atoms with E-state index in [0.29, 0.717) is 0 Å². The summed E-state index contributed by atoms with van der Waals surface area (Å²) in [6.07, 6.45) is -13.0. The first kappa shape index (κ1) is 13.4. The lowest BCUT2D eigenvalue weighted by atomic mass is 10.1. The standard InChI is InChI=1S/C4H2F8O2/c5-1(6,3(8,9)10)2(7,13)4(11,12)14/h13-14H. The normalized spacial score (nSPS) is 19.3. The van der Waals surface area contributed by atoms with Gasteiger partial charge >= 0.3 is 24.1 Å². The minimum atomic E-state index is -6.79. The summed E-state index contributed by atoms with van der Waals surface area (Å²) >= 11 is 0. The third-order valence-corrected chi connectivity index (χ3v) is 1.17. The van der Waals surface area contributed by atoms with E-state index in [1.54, 1.807) is 0 Å². The predicted octanol–water partition coefficient (Wildman–Crippen LogP) is 1.43. The molecule has 0 heterocycles. The Hall–Kier alpha value is -0.640. The molecule has 86 valence electrons. The first-order chi connectivity index (χ1) is 5.75. The number of aliphatic hydroxyl groups is 2. The fourth-order valence-electron chi connectivity index (χ4n) is 0.377. The zero-order valence-electron chi connectivity index (χ0n) is 5.92. The number of alkyl halides is 8. The van der Waals surface area contributed by atoms with Crippen molar-refractivity contribution in [3.63, 3.8) is 0 Å². The molecule has 2 N–H and O–H groups in total. The highest BCUT2D eigenvalue weighted by Crippen LogP contribution is 2.49. The molecule has 0 amide bonds. The number of rotatable bonds is 2. The molecule has 0 aliphatic carbocycles. The van der Waals surface area contributed by atoms with E-state index in [9.17, 15) is 35.1 Å². The number of hydrogen-bond acceptors (Lipinski definition) is 2. The lowest BCUT2D eigenvalue weighted by molar-refractivity contribution is -0.457. The van der Waals surface area contributed by atoms with Crippen molar-refractivity contribution in [2.45, 2.75) is 24.1 Å². The predicted molar refractivity (Wildman–Crippen MR) is 24.2 cm³/mol. The van der Waals surface area contributed by atoms with Crippen molar-refractivity contribution in [3.05, 3.63) is 0 Å². The maximum absolute atomic E-state index is 12.0. The molecule has 0 saturated carbocycles. The van der Waals surface area contributed by atoms with E-state index in [2.05, 4.69) is 0 Å². The van der Waals surface area contributed by atoms with Gasteiger partial charge in [-0.05, 0) is 0 Å². The highest BCUT2D eigenvalue weighted by Gasteiger charge is 2.80. The zero-order chi connectivity index (χ0) is 12.0. The van der Waals surface area contributed by atoms with Gasteiger partial charge < -0.3 is 10.2 Å². The van der Waals surface area contributed by atoms with E-state index in [1.807, 2.05) is 0 Å². The summed E-state index contributed by atoms with van der Waals surface area (Å²) < 4.78 is 92.3. The topological polar surface area (TPSA) is 40.5 Å². The van der Waals surface area contributed by atoms with Gasteiger partial charge in [-0.15, -0.1) is 0 Å². The molecule has 0 fully saturated rings. The second-order valence-electron chi connectivity index (χ2n) is 2.24. The zero-order valence-corrected chi connectivity index (χ0v) is 5.92. The summed E-state index contributed by atoms with van der Waals surface area (Å²) in [7, 11) is 0. The van der Waals surface area contributed by atoms with Gasteiger partial charge in [-0.2, -0.15) is 35.1 Å². The van der Waals surface area contributed by atoms with Gasteiger partial charge in [-0.3, -0.25) is 0 Å². The molecule has 0 saturated heterocycles. The van der Waals surface area contributed by atoms with E-state index >= 15 is 0 Å². The fourth-order valence-corrected chi connectivity index (χ4v) is 0.377. The fraction of sp³-hybridized carbons (Fsp3) is 1.00. The van der Waals surface area contributed by atoms with Crippen LogP contribution >= 0.6 is 0 Å². The summed E-state index contributed by atoms with van der Waals surface area (Å²) in [5.41, 5.74) is 0. The molecule has 0 radical (unpaired) electrons. The minimum Gasteiger partial charge on any atom is -0.350 e. The van der Waals surface area contributed by atoms with Crippen molar-refractivity contribution in [2.24, 2.45) is 0 Å². The summed E-state index contributed by atoms with van der Waals surface area (Å²) in [6, 6.07) is 0. The van der Waals surface area contributed by atoms with Crippen LogP contribution in [0.25, 0.3) is 0 Å². The van der Waals surface area contributed by atoms with Gasteiger partial charge in [0.25, 0.3) is 0 Å². The molecule has 10 heteroatoms. The quantitative estimate of drug-likeness (QED) is 0.709. The van der Waals surface area contributed by atoms with Gasteiger partial charge in [-0.1, -0.05) is 0 Å². The van der Waals surface area contributed by atoms with Gasteiger partial charge in [0.1, 0.15) is 0 Å². The average Bonchev–Trinajstić information content (AvgIpc) is 1.81. The molecule has 2 nitrogen and oxygen atoms in total. The van der Waals surface area contributed by atoms with Crippen LogP contribution in [0.3, 0.4) is 0 Å². The molecule has 0 aromatic heterocycles. The molecule has 0 aliphatic heterocycles. The molecule has 0 aliphatic rings. The first-order valence-corrected chi connectivity index (χ1v) is 2.71. The van der Waals surface area contributed by atoms with Gasteiger partial charge in [-0.25, -0.2) is 0 Å². The Morgan fingerprint density at radius 3 is 1.00 bits per heavy atom. The van der Waals surface area contributed by atoms with Crippen molar-refractivity contribution >= 4 is 0 Å². The molecule has 1 atom stereocenters. The van der Waals surface area contributed by atoms with Crippen LogP contribution in [-0.4, -0.2) is 34.3 Å². The van der Waals surface area contributed by atoms with Crippen molar-refractivity contribution in [1.82, 2.24) is 0 Å². The maximum atomic E-state index is 12.0. The van der Waals surface area contributed by atoms with Gasteiger partial charge in [0.2, 0.25) is 0 Å². The Balaban J connectivity index is 5.30. The van der Waals surface area contributed by atoms with Crippen LogP contribution in [0.2, 0.25) is 0 Å². The summed E-state index contributed by atoms with van der Waals surface area (Å²) in [5, 5.41) is 14.9. The van der Waals surface area contributed by atoms with Crippen LogP contribution in [0.5, 0.6) is 0 Å². The molecule has 1 unspecified atom stereocenters. The van der Waals surface area contributed by atoms with E-state index in [0.717, 1.165) is 0 Å². The molecule has 0 spiro atoms. The lowest BCUT2D eigenvalue weighted by Crippen LogP contribution is -2.63. The van der Waals surface area contributed by atoms with Crippen LogP contribution < -0.4 is 0 Å². The number of halogens is 8. The molecular formula is C4H2F8O2. The molecular weight excluding hydrogens is 232 g/mol. The largest absolute Gasteiger partial charge is 0.459 e. The van der Waals surface area contributed by atoms with Crippen LogP contribution in [0, 0.1) is 0 Å². The maximum Gasteiger partial charge on any atom is 0.459 e. The third kappa shape index (κ3) is 1.75. The van der Waals surface area contributed by atoms with Gasteiger partial charge in [0, 0.05) is 0 Å². The van der Waals surface area contributed by atoms with E-state index in [1.165, 1.54) is 0 Å². The van der Waals surface area contributed by atoms with Gasteiger partial charge in [0.15, 0.2) is 0 Å². The third-order valence-electron chi connectivity index (χ3n) is 1.17. The Kier molecular flexibility index (Phi) is 2.79. The monoisotopic (exact) mass is 234 g/mol. The molecule has 0 bridgehead atoms. The van der Waals surface area contributed by atoms with Crippen molar-refractivity contribution < 1.29 is 45.3 Å². The van der Waals surface area contributed by atoms with Crippen molar-refractivity contribution in [1.29, 1.82) is 0 Å². The van der Waals surface area contributed by atoms with Crippen LogP contribution in [-0.2, 0) is 0 Å². The highest BCUT2D eigenvalue weighted by atomic mass is 19.4. The van der Waals surface area contributed by atoms with E-state index in [4.69, 9.17) is 10.2 Å². The second-order valence-corrected chi connectivity index (χ2v) is 2.24. The Labute approximate surface area is 70.7 Å². The molecule has 14 heavy (non-hydrogen) atoms.